The van der Waals surface area contributed by atoms with Gasteiger partial charge in [-0.15, -0.1) is 0 Å². The van der Waals surface area contributed by atoms with E-state index in [1.165, 1.54) is 11.1 Å². The largest absolute Gasteiger partial charge is 0.361 e. The van der Waals surface area contributed by atoms with Crippen LogP contribution in [0.15, 0.2) is 59.3 Å². The maximum absolute atomic E-state index is 12.5. The lowest BCUT2D eigenvalue weighted by Crippen LogP contribution is -2.27. The third kappa shape index (κ3) is 3.42. The fourth-order valence-electron chi connectivity index (χ4n) is 4.07. The number of benzene rings is 2. The van der Waals surface area contributed by atoms with Crippen LogP contribution in [-0.4, -0.2) is 39.0 Å². The molecule has 0 radical (unpaired) electrons. The van der Waals surface area contributed by atoms with Gasteiger partial charge in [0.15, 0.2) is 5.82 Å². The maximum atomic E-state index is 12.5. The Hall–Kier alpha value is -3.41. The number of aromatic amines is 1. The number of hydrogen-bond donors (Lipinski definition) is 1. The summed E-state index contributed by atoms with van der Waals surface area (Å²) in [6, 6.07) is 16.4. The van der Waals surface area contributed by atoms with E-state index in [-0.39, 0.29) is 11.8 Å². The molecule has 1 aliphatic heterocycles. The predicted octanol–water partition coefficient (Wildman–Crippen LogP) is 4.08. The summed E-state index contributed by atoms with van der Waals surface area (Å²) in [6.45, 7) is 3.44. The van der Waals surface area contributed by atoms with Crippen LogP contribution in [-0.2, 0) is 11.2 Å². The number of fused-ring (bicyclic) bond motifs is 1. The van der Waals surface area contributed by atoms with E-state index in [9.17, 15) is 4.79 Å². The molecule has 4 aromatic rings. The zero-order valence-electron chi connectivity index (χ0n) is 16.3. The number of hydrogen-bond acceptors (Lipinski definition) is 4. The van der Waals surface area contributed by atoms with Crippen LogP contribution in [0.1, 0.15) is 29.3 Å². The second kappa shape index (κ2) is 7.20. The normalized spacial score (nSPS) is 16.8. The van der Waals surface area contributed by atoms with Crippen LogP contribution in [0.4, 0.5) is 0 Å². The van der Waals surface area contributed by atoms with Crippen molar-refractivity contribution in [3.63, 3.8) is 0 Å². The van der Waals surface area contributed by atoms with Crippen LogP contribution < -0.4 is 0 Å². The van der Waals surface area contributed by atoms with Crippen molar-refractivity contribution in [2.24, 2.45) is 0 Å². The molecule has 6 heteroatoms. The van der Waals surface area contributed by atoms with Gasteiger partial charge in [-0.05, 0) is 37.1 Å². The lowest BCUT2D eigenvalue weighted by Gasteiger charge is -2.16. The number of carbonyl (C=O) groups excluding carboxylic acids is 1. The first-order valence-electron chi connectivity index (χ1n) is 9.91. The number of carbonyl (C=O) groups is 1. The van der Waals surface area contributed by atoms with E-state index in [4.69, 9.17) is 4.52 Å². The summed E-state index contributed by atoms with van der Waals surface area (Å²) in [7, 11) is 0. The highest BCUT2D eigenvalue weighted by atomic mass is 16.5. The third-order valence-electron chi connectivity index (χ3n) is 5.60. The number of aromatic nitrogens is 3. The van der Waals surface area contributed by atoms with Crippen LogP contribution in [0.3, 0.4) is 0 Å². The van der Waals surface area contributed by atoms with Gasteiger partial charge >= 0.3 is 0 Å². The second-order valence-corrected chi connectivity index (χ2v) is 7.68. The van der Waals surface area contributed by atoms with E-state index >= 15 is 0 Å². The SMILES string of the molecule is Cc1cccc(CCN2CC(c3noc(-c4cccc5[nH]ccc45)n3)CC2=O)c1. The highest BCUT2D eigenvalue weighted by molar-refractivity contribution is 5.92. The minimum atomic E-state index is -0.0251. The molecular formula is C23H22N4O2. The molecule has 0 aliphatic carbocycles. The van der Waals surface area contributed by atoms with Crippen molar-refractivity contribution in [1.82, 2.24) is 20.0 Å². The molecule has 2 aromatic heterocycles. The molecule has 1 saturated heterocycles. The third-order valence-corrected chi connectivity index (χ3v) is 5.60. The van der Waals surface area contributed by atoms with E-state index in [1.807, 2.05) is 35.4 Å². The molecule has 146 valence electrons. The Morgan fingerprint density at radius 1 is 1.21 bits per heavy atom. The van der Waals surface area contributed by atoms with Gasteiger partial charge in [-0.1, -0.05) is 41.1 Å². The standard InChI is InChI=1S/C23H22N4O2/c1-15-4-2-5-16(12-15)9-11-27-14-17(13-21(27)28)22-25-23(29-26-22)19-6-3-7-20-18(19)8-10-24-20/h2-8,10,12,17,24H,9,11,13-14H2,1H3. The van der Waals surface area contributed by atoms with E-state index in [1.54, 1.807) is 0 Å². The molecule has 1 amide bonds. The van der Waals surface area contributed by atoms with Crippen molar-refractivity contribution >= 4 is 16.8 Å². The van der Waals surface area contributed by atoms with Crippen LogP contribution in [0, 0.1) is 6.92 Å². The van der Waals surface area contributed by atoms with Crippen molar-refractivity contribution in [1.29, 1.82) is 0 Å². The molecule has 1 fully saturated rings. The van der Waals surface area contributed by atoms with Crippen LogP contribution in [0.5, 0.6) is 0 Å². The van der Waals surface area contributed by atoms with Gasteiger partial charge in [0.05, 0.1) is 0 Å². The average Bonchev–Trinajstić information content (AvgIpc) is 3.45. The number of nitrogens with one attached hydrogen (secondary N) is 1. The summed E-state index contributed by atoms with van der Waals surface area (Å²) in [5.41, 5.74) is 4.43. The van der Waals surface area contributed by atoms with Gasteiger partial charge in [-0.3, -0.25) is 4.79 Å². The molecule has 29 heavy (non-hydrogen) atoms. The number of amides is 1. The monoisotopic (exact) mass is 386 g/mol. The first-order valence-corrected chi connectivity index (χ1v) is 9.91. The van der Waals surface area contributed by atoms with Gasteiger partial charge in [0.1, 0.15) is 0 Å². The molecule has 1 N–H and O–H groups in total. The average molecular weight is 386 g/mol. The van der Waals surface area contributed by atoms with Crippen LogP contribution >= 0.6 is 0 Å². The molecule has 1 aliphatic rings. The summed E-state index contributed by atoms with van der Waals surface area (Å²) in [5.74, 6) is 1.24. The minimum absolute atomic E-state index is 0.0251. The summed E-state index contributed by atoms with van der Waals surface area (Å²) in [5, 5.41) is 5.24. The van der Waals surface area contributed by atoms with Crippen molar-refractivity contribution in [3.05, 3.63) is 71.7 Å². The Morgan fingerprint density at radius 2 is 2.10 bits per heavy atom. The summed E-state index contributed by atoms with van der Waals surface area (Å²) in [6.07, 6.45) is 3.18. The van der Waals surface area contributed by atoms with Gasteiger partial charge < -0.3 is 14.4 Å². The fourth-order valence-corrected chi connectivity index (χ4v) is 4.07. The fraction of sp³-hybridized carbons (Fsp3) is 0.261. The van der Waals surface area contributed by atoms with E-state index in [0.29, 0.717) is 31.2 Å². The lowest BCUT2D eigenvalue weighted by molar-refractivity contribution is -0.127. The summed E-state index contributed by atoms with van der Waals surface area (Å²) < 4.78 is 5.55. The van der Waals surface area contributed by atoms with Gasteiger partial charge in [-0.2, -0.15) is 4.98 Å². The number of rotatable bonds is 5. The zero-order chi connectivity index (χ0) is 19.8. The highest BCUT2D eigenvalue weighted by Crippen LogP contribution is 2.31. The van der Waals surface area contributed by atoms with E-state index < -0.39 is 0 Å². The van der Waals surface area contributed by atoms with E-state index in [2.05, 4.69) is 46.3 Å². The van der Waals surface area contributed by atoms with Crippen molar-refractivity contribution in [3.8, 4) is 11.5 Å². The quantitative estimate of drug-likeness (QED) is 0.561. The second-order valence-electron chi connectivity index (χ2n) is 7.68. The molecule has 2 aromatic carbocycles. The lowest BCUT2D eigenvalue weighted by atomic mass is 10.1. The molecule has 6 nitrogen and oxygen atoms in total. The van der Waals surface area contributed by atoms with Gasteiger partial charge in [0.2, 0.25) is 5.91 Å². The van der Waals surface area contributed by atoms with Crippen molar-refractivity contribution in [2.45, 2.75) is 25.7 Å². The smallest absolute Gasteiger partial charge is 0.258 e. The summed E-state index contributed by atoms with van der Waals surface area (Å²) in [4.78, 5) is 22.2. The Balaban J connectivity index is 1.30. The molecule has 3 heterocycles. The topological polar surface area (TPSA) is 75.0 Å². The minimum Gasteiger partial charge on any atom is -0.361 e. The Kier molecular flexibility index (Phi) is 4.39. The van der Waals surface area contributed by atoms with E-state index in [0.717, 1.165) is 22.9 Å². The van der Waals surface area contributed by atoms with Crippen molar-refractivity contribution < 1.29 is 9.32 Å². The Bertz CT molecular complexity index is 1180. The number of H-pyrrole nitrogens is 1. The van der Waals surface area contributed by atoms with Gasteiger partial charge in [-0.25, -0.2) is 0 Å². The summed E-state index contributed by atoms with van der Waals surface area (Å²) >= 11 is 0. The molecule has 1 atom stereocenters. The number of aryl methyl sites for hydroxylation is 1. The molecule has 0 bridgehead atoms. The molecule has 1 unspecified atom stereocenters. The molecule has 0 spiro atoms. The van der Waals surface area contributed by atoms with Crippen molar-refractivity contribution in [2.75, 3.05) is 13.1 Å². The highest BCUT2D eigenvalue weighted by Gasteiger charge is 2.33. The molecule has 0 saturated carbocycles. The first kappa shape index (κ1) is 17.7. The molecular weight excluding hydrogens is 364 g/mol. The number of nitrogens with zero attached hydrogens (tertiary/aromatic N) is 3. The van der Waals surface area contributed by atoms with Gasteiger partial charge in [0.25, 0.3) is 5.89 Å². The Morgan fingerprint density at radius 3 is 3.00 bits per heavy atom. The first-order chi connectivity index (χ1) is 14.2. The maximum Gasteiger partial charge on any atom is 0.258 e. The van der Waals surface area contributed by atoms with Gasteiger partial charge in [0, 0.05) is 48.1 Å². The molecule has 5 rings (SSSR count). The predicted molar refractivity (Wildman–Crippen MR) is 110 cm³/mol. The van der Waals surface area contributed by atoms with Crippen LogP contribution in [0.2, 0.25) is 0 Å². The van der Waals surface area contributed by atoms with Crippen LogP contribution in [0.25, 0.3) is 22.4 Å². The number of likely N-dealkylation sites (tertiary alicyclic amines) is 1. The zero-order valence-corrected chi connectivity index (χ0v) is 16.3. The Labute approximate surface area is 168 Å².